The highest BCUT2D eigenvalue weighted by atomic mass is 79.9. The van der Waals surface area contributed by atoms with Gasteiger partial charge in [-0.05, 0) is 35.9 Å². The van der Waals surface area contributed by atoms with Crippen LogP contribution in [0.1, 0.15) is 16.1 Å². The second-order valence-electron chi connectivity index (χ2n) is 5.46. The molecule has 4 nitrogen and oxygen atoms in total. The van der Waals surface area contributed by atoms with Crippen LogP contribution < -0.4 is 0 Å². The second kappa shape index (κ2) is 6.97. The van der Waals surface area contributed by atoms with Crippen LogP contribution in [0.4, 0.5) is 4.39 Å². The van der Waals surface area contributed by atoms with E-state index in [1.165, 1.54) is 12.1 Å². The van der Waals surface area contributed by atoms with E-state index in [1.807, 2.05) is 24.3 Å². The number of aromatic nitrogens is 2. The van der Waals surface area contributed by atoms with E-state index in [2.05, 4.69) is 26.1 Å². The molecule has 0 radical (unpaired) electrons. The Labute approximate surface area is 147 Å². The lowest BCUT2D eigenvalue weighted by Crippen LogP contribution is -2.26. The number of carbonyl (C=O) groups excluding carboxylic acids is 1. The average Bonchev–Trinajstić information content (AvgIpc) is 3.07. The van der Waals surface area contributed by atoms with Gasteiger partial charge in [0.15, 0.2) is 0 Å². The van der Waals surface area contributed by atoms with Crippen molar-refractivity contribution in [3.63, 3.8) is 0 Å². The molecular weight excluding hydrogens is 373 g/mol. The van der Waals surface area contributed by atoms with Crippen molar-refractivity contribution in [2.75, 3.05) is 7.05 Å². The number of halogens is 2. The first-order chi connectivity index (χ1) is 11.5. The SMILES string of the molecule is CN(Cc1ccc(F)cc1)C(=O)c1cc(-c2ccc(Br)cc2)n[nH]1. The summed E-state index contributed by atoms with van der Waals surface area (Å²) in [6.45, 7) is 0.395. The number of nitrogens with zero attached hydrogens (tertiary/aromatic N) is 2. The number of nitrogens with one attached hydrogen (secondary N) is 1. The van der Waals surface area contributed by atoms with Crippen LogP contribution >= 0.6 is 15.9 Å². The number of hydrogen-bond donors (Lipinski definition) is 1. The van der Waals surface area contributed by atoms with Gasteiger partial charge in [-0.25, -0.2) is 4.39 Å². The Hall–Kier alpha value is -2.47. The van der Waals surface area contributed by atoms with E-state index in [-0.39, 0.29) is 11.7 Å². The Morgan fingerprint density at radius 3 is 2.50 bits per heavy atom. The van der Waals surface area contributed by atoms with Crippen molar-refractivity contribution < 1.29 is 9.18 Å². The van der Waals surface area contributed by atoms with E-state index >= 15 is 0 Å². The summed E-state index contributed by atoms with van der Waals surface area (Å²) in [7, 11) is 1.70. The van der Waals surface area contributed by atoms with E-state index in [0.717, 1.165) is 15.6 Å². The van der Waals surface area contributed by atoms with Crippen LogP contribution in [0, 0.1) is 5.82 Å². The van der Waals surface area contributed by atoms with E-state index in [1.54, 1.807) is 30.1 Å². The zero-order valence-corrected chi connectivity index (χ0v) is 14.5. The fraction of sp³-hybridized carbons (Fsp3) is 0.111. The number of benzene rings is 2. The molecule has 0 saturated carbocycles. The summed E-state index contributed by atoms with van der Waals surface area (Å²) >= 11 is 3.39. The first-order valence-corrected chi connectivity index (χ1v) is 8.13. The summed E-state index contributed by atoms with van der Waals surface area (Å²) in [4.78, 5) is 14.0. The third kappa shape index (κ3) is 3.71. The van der Waals surface area contributed by atoms with Crippen LogP contribution in [0.2, 0.25) is 0 Å². The molecule has 0 atom stereocenters. The van der Waals surface area contributed by atoms with Gasteiger partial charge in [-0.3, -0.25) is 9.89 Å². The molecule has 0 aliphatic rings. The lowest BCUT2D eigenvalue weighted by Gasteiger charge is -2.16. The number of aromatic amines is 1. The normalized spacial score (nSPS) is 10.6. The maximum atomic E-state index is 12.9. The molecule has 0 aliphatic carbocycles. The Balaban J connectivity index is 1.73. The van der Waals surface area contributed by atoms with Crippen molar-refractivity contribution in [2.24, 2.45) is 0 Å². The molecule has 0 bridgehead atoms. The van der Waals surface area contributed by atoms with Crippen LogP contribution in [0.25, 0.3) is 11.3 Å². The molecule has 3 aromatic rings. The van der Waals surface area contributed by atoms with E-state index in [0.29, 0.717) is 17.9 Å². The highest BCUT2D eigenvalue weighted by molar-refractivity contribution is 9.10. The monoisotopic (exact) mass is 387 g/mol. The highest BCUT2D eigenvalue weighted by Crippen LogP contribution is 2.21. The predicted molar refractivity (Wildman–Crippen MR) is 93.9 cm³/mol. The Morgan fingerprint density at radius 1 is 1.17 bits per heavy atom. The van der Waals surface area contributed by atoms with Crippen molar-refractivity contribution in [1.29, 1.82) is 0 Å². The standard InChI is InChI=1S/C18H15BrFN3O/c1-23(11-12-2-8-15(20)9-3-12)18(24)17-10-16(21-22-17)13-4-6-14(19)7-5-13/h2-10H,11H2,1H3,(H,21,22). The molecule has 24 heavy (non-hydrogen) atoms. The van der Waals surface area contributed by atoms with Gasteiger partial charge in [0.1, 0.15) is 11.5 Å². The maximum Gasteiger partial charge on any atom is 0.271 e. The van der Waals surface area contributed by atoms with Gasteiger partial charge < -0.3 is 4.90 Å². The second-order valence-corrected chi connectivity index (χ2v) is 6.38. The molecule has 0 fully saturated rings. The Kier molecular flexibility index (Phi) is 4.76. The Bertz CT molecular complexity index is 843. The van der Waals surface area contributed by atoms with Gasteiger partial charge in [0.05, 0.1) is 5.69 Å². The molecule has 6 heteroatoms. The third-order valence-electron chi connectivity index (χ3n) is 3.63. The van der Waals surface area contributed by atoms with Crippen molar-refractivity contribution in [2.45, 2.75) is 6.54 Å². The van der Waals surface area contributed by atoms with Crippen molar-refractivity contribution in [3.05, 3.63) is 76.1 Å². The van der Waals surface area contributed by atoms with E-state index < -0.39 is 0 Å². The molecule has 1 heterocycles. The fourth-order valence-electron chi connectivity index (χ4n) is 2.34. The smallest absolute Gasteiger partial charge is 0.271 e. The molecule has 0 aliphatic heterocycles. The first kappa shape index (κ1) is 16.4. The van der Waals surface area contributed by atoms with Crippen molar-refractivity contribution >= 4 is 21.8 Å². The van der Waals surface area contributed by atoms with E-state index in [9.17, 15) is 9.18 Å². The van der Waals surface area contributed by atoms with Crippen molar-refractivity contribution in [3.8, 4) is 11.3 Å². The number of amides is 1. The van der Waals surface area contributed by atoms with Gasteiger partial charge in [-0.1, -0.05) is 40.2 Å². The highest BCUT2D eigenvalue weighted by Gasteiger charge is 2.15. The van der Waals surface area contributed by atoms with Crippen LogP contribution in [-0.4, -0.2) is 28.1 Å². The molecule has 1 amide bonds. The van der Waals surface area contributed by atoms with Crippen molar-refractivity contribution in [1.82, 2.24) is 15.1 Å². The molecule has 1 aromatic heterocycles. The van der Waals surface area contributed by atoms with Gasteiger partial charge in [-0.2, -0.15) is 5.10 Å². The van der Waals surface area contributed by atoms with Crippen LogP contribution in [0.5, 0.6) is 0 Å². The number of H-pyrrole nitrogens is 1. The minimum absolute atomic E-state index is 0.171. The summed E-state index contributed by atoms with van der Waals surface area (Å²) in [6.07, 6.45) is 0. The predicted octanol–water partition coefficient (Wildman–Crippen LogP) is 4.25. The quantitative estimate of drug-likeness (QED) is 0.727. The summed E-state index contributed by atoms with van der Waals surface area (Å²) in [5, 5.41) is 6.98. The molecule has 0 unspecified atom stereocenters. The van der Waals surface area contributed by atoms with Crippen LogP contribution in [0.15, 0.2) is 59.1 Å². The molecule has 2 aromatic carbocycles. The molecule has 1 N–H and O–H groups in total. The summed E-state index contributed by atoms with van der Waals surface area (Å²) in [6, 6.07) is 15.5. The minimum Gasteiger partial charge on any atom is -0.336 e. The molecule has 0 spiro atoms. The fourth-order valence-corrected chi connectivity index (χ4v) is 2.61. The molecular formula is C18H15BrFN3O. The van der Waals surface area contributed by atoms with Gasteiger partial charge in [0.25, 0.3) is 5.91 Å². The lowest BCUT2D eigenvalue weighted by atomic mass is 10.1. The Morgan fingerprint density at radius 2 is 1.83 bits per heavy atom. The number of hydrogen-bond acceptors (Lipinski definition) is 2. The topological polar surface area (TPSA) is 49.0 Å². The van der Waals surface area contributed by atoms with Crippen LogP contribution in [0.3, 0.4) is 0 Å². The maximum absolute atomic E-state index is 12.9. The van der Waals surface area contributed by atoms with Gasteiger partial charge >= 0.3 is 0 Å². The summed E-state index contributed by atoms with van der Waals surface area (Å²) < 4.78 is 13.9. The number of rotatable bonds is 4. The number of carbonyl (C=O) groups is 1. The average molecular weight is 388 g/mol. The molecule has 3 rings (SSSR count). The van der Waals surface area contributed by atoms with Gasteiger partial charge in [0.2, 0.25) is 0 Å². The largest absolute Gasteiger partial charge is 0.336 e. The molecule has 0 saturated heterocycles. The zero-order valence-electron chi connectivity index (χ0n) is 13.0. The summed E-state index contributed by atoms with van der Waals surface area (Å²) in [5.74, 6) is -0.462. The zero-order chi connectivity index (χ0) is 17.1. The summed E-state index contributed by atoms with van der Waals surface area (Å²) in [5.41, 5.74) is 2.91. The third-order valence-corrected chi connectivity index (χ3v) is 4.16. The lowest BCUT2D eigenvalue weighted by molar-refractivity contribution is 0.0779. The van der Waals surface area contributed by atoms with Gasteiger partial charge in [-0.15, -0.1) is 0 Å². The van der Waals surface area contributed by atoms with E-state index in [4.69, 9.17) is 0 Å². The first-order valence-electron chi connectivity index (χ1n) is 7.34. The molecule has 122 valence electrons. The van der Waals surface area contributed by atoms with Gasteiger partial charge in [0, 0.05) is 23.6 Å². The van der Waals surface area contributed by atoms with Crippen LogP contribution in [-0.2, 0) is 6.54 Å². The minimum atomic E-state index is -0.291.